The van der Waals surface area contributed by atoms with Gasteiger partial charge in [0.1, 0.15) is 29.8 Å². The molecule has 7 heteroatoms. The van der Waals surface area contributed by atoms with Gasteiger partial charge in [0, 0.05) is 30.3 Å². The zero-order chi connectivity index (χ0) is 21.5. The lowest BCUT2D eigenvalue weighted by Gasteiger charge is -2.33. The van der Waals surface area contributed by atoms with E-state index in [0.717, 1.165) is 33.8 Å². The maximum atomic E-state index is 13.3. The molecule has 0 saturated carbocycles. The molecule has 1 aromatic carbocycles. The highest BCUT2D eigenvalue weighted by Crippen LogP contribution is 2.30. The van der Waals surface area contributed by atoms with Crippen molar-refractivity contribution in [1.82, 2.24) is 14.3 Å². The number of amides is 1. The van der Waals surface area contributed by atoms with Gasteiger partial charge < -0.3 is 14.4 Å². The summed E-state index contributed by atoms with van der Waals surface area (Å²) in [7, 11) is 0. The first kappa shape index (κ1) is 19.8. The van der Waals surface area contributed by atoms with Crippen LogP contribution in [0.15, 0.2) is 36.5 Å². The van der Waals surface area contributed by atoms with E-state index in [2.05, 4.69) is 4.98 Å². The summed E-state index contributed by atoms with van der Waals surface area (Å²) in [5.41, 5.74) is 4.91. The van der Waals surface area contributed by atoms with E-state index in [-0.39, 0.29) is 17.8 Å². The molecule has 3 aromatic rings. The largest absolute Gasteiger partial charge is 0.491 e. The summed E-state index contributed by atoms with van der Waals surface area (Å²) in [4.78, 5) is 31.7. The Morgan fingerprint density at radius 1 is 1.23 bits per heavy atom. The maximum Gasteiger partial charge on any atom is 0.272 e. The minimum Gasteiger partial charge on any atom is -0.491 e. The number of imidazole rings is 1. The van der Waals surface area contributed by atoms with E-state index in [1.54, 1.807) is 0 Å². The summed E-state index contributed by atoms with van der Waals surface area (Å²) in [6, 6.07) is 9.53. The topological polar surface area (TPSA) is 73.1 Å². The molecule has 2 aromatic heterocycles. The van der Waals surface area contributed by atoms with E-state index in [4.69, 9.17) is 9.47 Å². The Morgan fingerprint density at radius 3 is 2.97 bits per heavy atom. The number of aromatic nitrogens is 2. The van der Waals surface area contributed by atoms with Gasteiger partial charge in [0.2, 0.25) is 0 Å². The number of nitrogens with zero attached hydrogens (tertiary/aromatic N) is 3. The van der Waals surface area contributed by atoms with E-state index in [1.165, 1.54) is 0 Å². The number of hydrogen-bond acceptors (Lipinski definition) is 5. The summed E-state index contributed by atoms with van der Waals surface area (Å²) in [5, 5.41) is 0. The number of morpholine rings is 1. The second kappa shape index (κ2) is 7.81. The van der Waals surface area contributed by atoms with Crippen LogP contribution in [0.2, 0.25) is 0 Å². The molecule has 0 bridgehead atoms. The molecule has 7 nitrogen and oxygen atoms in total. The molecule has 1 fully saturated rings. The average Bonchev–Trinajstić information content (AvgIpc) is 3.33. The third-order valence-electron chi connectivity index (χ3n) is 6.11. The second-order valence-corrected chi connectivity index (χ2v) is 8.19. The fourth-order valence-electron chi connectivity index (χ4n) is 4.51. The Bertz CT molecular complexity index is 1180. The van der Waals surface area contributed by atoms with E-state index >= 15 is 0 Å². The minimum atomic E-state index is -0.230. The van der Waals surface area contributed by atoms with Crippen molar-refractivity contribution < 1.29 is 19.1 Å². The van der Waals surface area contributed by atoms with E-state index in [9.17, 15) is 9.59 Å². The number of fused-ring (bicyclic) bond motifs is 2. The summed E-state index contributed by atoms with van der Waals surface area (Å²) in [5.74, 6) is 0.864. The van der Waals surface area contributed by atoms with Crippen LogP contribution in [-0.2, 0) is 11.2 Å². The lowest BCUT2D eigenvalue weighted by atomic mass is 10.1. The number of hydrogen-bond donors (Lipinski definition) is 0. The molecule has 1 atom stereocenters. The Kier molecular flexibility index (Phi) is 4.98. The Balaban J connectivity index is 1.30. The van der Waals surface area contributed by atoms with Crippen LogP contribution in [0.1, 0.15) is 44.1 Å². The Hall–Kier alpha value is -3.19. The van der Waals surface area contributed by atoms with E-state index < -0.39 is 0 Å². The number of Topliss-reactive ketones (excluding diaryl/α,β-unsaturated/α-hetero) is 1. The highest BCUT2D eigenvalue weighted by molar-refractivity contribution is 6.01. The summed E-state index contributed by atoms with van der Waals surface area (Å²) < 4.78 is 13.8. The third-order valence-corrected chi connectivity index (χ3v) is 6.11. The lowest BCUT2D eigenvalue weighted by Crippen LogP contribution is -2.48. The number of carbonyl (C=O) groups excluding carboxylic acids is 2. The molecule has 3 heterocycles. The van der Waals surface area contributed by atoms with Crippen molar-refractivity contribution in [3.63, 3.8) is 0 Å². The van der Waals surface area contributed by atoms with Crippen LogP contribution in [0.25, 0.3) is 5.65 Å². The van der Waals surface area contributed by atoms with Gasteiger partial charge in [0.05, 0.1) is 18.8 Å². The molecular weight excluding hydrogens is 394 g/mol. The zero-order valence-corrected chi connectivity index (χ0v) is 17.8. The number of ether oxygens (including phenoxy) is 2. The first-order chi connectivity index (χ1) is 15.0. The van der Waals surface area contributed by atoms with Gasteiger partial charge in [-0.05, 0) is 38.0 Å². The van der Waals surface area contributed by atoms with Crippen LogP contribution >= 0.6 is 0 Å². The van der Waals surface area contributed by atoms with Crippen molar-refractivity contribution in [2.45, 2.75) is 32.8 Å². The summed E-state index contributed by atoms with van der Waals surface area (Å²) in [6.45, 7) is 5.64. The molecular formula is C24H25N3O4. The van der Waals surface area contributed by atoms with Crippen LogP contribution in [0.5, 0.6) is 5.75 Å². The van der Waals surface area contributed by atoms with Crippen molar-refractivity contribution in [1.29, 1.82) is 0 Å². The van der Waals surface area contributed by atoms with Gasteiger partial charge in [-0.1, -0.05) is 18.2 Å². The fourth-order valence-corrected chi connectivity index (χ4v) is 4.51. The molecule has 1 saturated heterocycles. The number of ketones is 1. The number of benzene rings is 1. The lowest BCUT2D eigenvalue weighted by molar-refractivity contribution is -0.0404. The third kappa shape index (κ3) is 3.49. The molecule has 2 aliphatic rings. The molecule has 5 rings (SSSR count). The standard InChI is InChI=1S/C24H25N3O4/c1-15-5-4-10-27-22(16(2)25-23(15)27)24(29)26-11-12-30-17(13-26)14-31-21-7-3-6-18-19(21)8-9-20(18)28/h3-7,10,17H,8-9,11-14H2,1-2H3. The first-order valence-electron chi connectivity index (χ1n) is 10.7. The molecule has 1 aliphatic carbocycles. The number of pyridine rings is 1. The number of aryl methyl sites for hydroxylation is 2. The second-order valence-electron chi connectivity index (χ2n) is 8.19. The van der Waals surface area contributed by atoms with Crippen molar-refractivity contribution in [3.8, 4) is 5.75 Å². The monoisotopic (exact) mass is 419 g/mol. The van der Waals surface area contributed by atoms with Gasteiger partial charge in [-0.15, -0.1) is 0 Å². The van der Waals surface area contributed by atoms with Crippen LogP contribution < -0.4 is 4.74 Å². The van der Waals surface area contributed by atoms with Crippen LogP contribution in [0, 0.1) is 13.8 Å². The minimum absolute atomic E-state index is 0.0462. The Labute approximate surface area is 180 Å². The Morgan fingerprint density at radius 2 is 2.10 bits per heavy atom. The highest BCUT2D eigenvalue weighted by Gasteiger charge is 2.29. The van der Waals surface area contributed by atoms with Gasteiger partial charge in [0.15, 0.2) is 5.78 Å². The van der Waals surface area contributed by atoms with Gasteiger partial charge in [0.25, 0.3) is 5.91 Å². The fraction of sp³-hybridized carbons (Fsp3) is 0.375. The normalized spacial score (nSPS) is 18.5. The number of rotatable bonds is 4. The van der Waals surface area contributed by atoms with Crippen LogP contribution in [0.4, 0.5) is 0 Å². The van der Waals surface area contributed by atoms with Crippen molar-refractivity contribution in [3.05, 3.63) is 64.6 Å². The molecule has 1 amide bonds. The molecule has 0 N–H and O–H groups in total. The average molecular weight is 419 g/mol. The predicted octanol–water partition coefficient (Wildman–Crippen LogP) is 3.00. The van der Waals surface area contributed by atoms with Crippen molar-refractivity contribution >= 4 is 17.3 Å². The van der Waals surface area contributed by atoms with Gasteiger partial charge in [-0.25, -0.2) is 4.98 Å². The van der Waals surface area contributed by atoms with Gasteiger partial charge in [-0.2, -0.15) is 0 Å². The maximum absolute atomic E-state index is 13.3. The summed E-state index contributed by atoms with van der Waals surface area (Å²) >= 11 is 0. The molecule has 1 unspecified atom stereocenters. The van der Waals surface area contributed by atoms with Crippen molar-refractivity contribution in [2.75, 3.05) is 26.3 Å². The van der Waals surface area contributed by atoms with E-state index in [0.29, 0.717) is 44.8 Å². The first-order valence-corrected chi connectivity index (χ1v) is 10.7. The molecule has 0 spiro atoms. The quantitative estimate of drug-likeness (QED) is 0.650. The van der Waals surface area contributed by atoms with Gasteiger partial charge in [-0.3, -0.25) is 14.0 Å². The van der Waals surface area contributed by atoms with Gasteiger partial charge >= 0.3 is 0 Å². The number of carbonyl (C=O) groups is 2. The summed E-state index contributed by atoms with van der Waals surface area (Å²) in [6.07, 6.45) is 2.91. The van der Waals surface area contributed by atoms with E-state index in [1.807, 2.05) is 59.7 Å². The molecule has 160 valence electrons. The molecule has 1 aliphatic heterocycles. The van der Waals surface area contributed by atoms with Crippen LogP contribution in [0.3, 0.4) is 0 Å². The molecule has 0 radical (unpaired) electrons. The molecule has 31 heavy (non-hydrogen) atoms. The van der Waals surface area contributed by atoms with Crippen molar-refractivity contribution in [2.24, 2.45) is 0 Å². The SMILES string of the molecule is Cc1nc2c(C)cccn2c1C(=O)N1CCOC(COc2cccc3c2CCC3=O)C1. The smallest absolute Gasteiger partial charge is 0.272 e. The predicted molar refractivity (Wildman–Crippen MR) is 115 cm³/mol. The highest BCUT2D eigenvalue weighted by atomic mass is 16.5. The van der Waals surface area contributed by atoms with Crippen LogP contribution in [-0.4, -0.2) is 58.4 Å². The zero-order valence-electron chi connectivity index (χ0n) is 17.8.